The number of rotatable bonds is 10. The number of halogens is 1. The van der Waals surface area contributed by atoms with E-state index >= 15 is 0 Å². The molecule has 3 heterocycles. The summed E-state index contributed by atoms with van der Waals surface area (Å²) in [6.45, 7) is 4.05. The highest BCUT2D eigenvalue weighted by Gasteiger charge is 2.38. The van der Waals surface area contributed by atoms with Crippen LogP contribution < -0.4 is 20.7 Å². The van der Waals surface area contributed by atoms with E-state index in [-0.39, 0.29) is 17.3 Å². The quantitative estimate of drug-likeness (QED) is 0.251. The van der Waals surface area contributed by atoms with Crippen molar-refractivity contribution in [2.75, 3.05) is 25.6 Å². The lowest BCUT2D eigenvalue weighted by Crippen LogP contribution is -2.37. The van der Waals surface area contributed by atoms with Gasteiger partial charge in [-0.05, 0) is 38.0 Å². The van der Waals surface area contributed by atoms with E-state index in [9.17, 15) is 9.18 Å². The van der Waals surface area contributed by atoms with Gasteiger partial charge in [-0.15, -0.1) is 11.3 Å². The average Bonchev–Trinajstić information content (AvgIpc) is 3.25. The van der Waals surface area contributed by atoms with Gasteiger partial charge in [0.25, 0.3) is 0 Å². The standard InChI is InChI=1S/C26H29FN6O3S/c1-26(7-8-26)32-25(34)31-16-4-5-20(18(27)12-16)36-21-6-9-29-19-13-22(37-23(19)21)24-30-15-17(33(24)2)14-28-10-11-35-3/h4-6,9,12-13,15,28H,7-8,10-11,14H2,1-3H3,(H2,31,32,34). The van der Waals surface area contributed by atoms with Crippen molar-refractivity contribution in [2.45, 2.75) is 31.8 Å². The van der Waals surface area contributed by atoms with E-state index in [0.717, 1.165) is 46.0 Å². The molecule has 0 unspecified atom stereocenters. The number of carbonyl (C=O) groups excluding carboxylic acids is 1. The number of imidazole rings is 1. The second kappa shape index (κ2) is 10.4. The van der Waals surface area contributed by atoms with Crippen LogP contribution in [0, 0.1) is 5.82 Å². The number of aromatic nitrogens is 3. The van der Waals surface area contributed by atoms with Crippen molar-refractivity contribution in [2.24, 2.45) is 7.05 Å². The maximum Gasteiger partial charge on any atom is 0.319 e. The van der Waals surface area contributed by atoms with E-state index in [2.05, 4.69) is 25.9 Å². The summed E-state index contributed by atoms with van der Waals surface area (Å²) in [5, 5.41) is 8.88. The molecule has 0 aliphatic heterocycles. The molecule has 3 aromatic heterocycles. The molecule has 0 radical (unpaired) electrons. The van der Waals surface area contributed by atoms with Crippen molar-refractivity contribution in [3.63, 3.8) is 0 Å². The molecule has 1 fully saturated rings. The number of nitrogens with one attached hydrogen (secondary N) is 3. The molecule has 9 nitrogen and oxygen atoms in total. The summed E-state index contributed by atoms with van der Waals surface area (Å²) in [6.07, 6.45) is 5.37. The van der Waals surface area contributed by atoms with Gasteiger partial charge in [0.2, 0.25) is 0 Å². The van der Waals surface area contributed by atoms with Crippen LogP contribution in [0.4, 0.5) is 14.9 Å². The fraction of sp³-hybridized carbons (Fsp3) is 0.346. The normalized spacial score (nSPS) is 14.1. The van der Waals surface area contributed by atoms with E-state index in [4.69, 9.17) is 9.47 Å². The zero-order valence-electron chi connectivity index (χ0n) is 20.9. The zero-order chi connectivity index (χ0) is 26.0. The number of urea groups is 1. The highest BCUT2D eigenvalue weighted by atomic mass is 32.1. The number of ether oxygens (including phenoxy) is 2. The molecule has 194 valence electrons. The van der Waals surface area contributed by atoms with Gasteiger partial charge in [0.1, 0.15) is 11.6 Å². The smallest absolute Gasteiger partial charge is 0.319 e. The first-order valence-corrected chi connectivity index (χ1v) is 12.8. The molecular formula is C26H29FN6O3S. The molecule has 37 heavy (non-hydrogen) atoms. The molecule has 1 saturated carbocycles. The molecule has 0 saturated heterocycles. The number of amides is 2. The van der Waals surface area contributed by atoms with Gasteiger partial charge < -0.3 is 30.0 Å². The zero-order valence-corrected chi connectivity index (χ0v) is 21.7. The molecule has 0 spiro atoms. The Labute approximate surface area is 218 Å². The number of carbonyl (C=O) groups is 1. The number of nitrogens with zero attached hydrogens (tertiary/aromatic N) is 3. The van der Waals surface area contributed by atoms with E-state index in [1.54, 1.807) is 25.4 Å². The molecule has 11 heteroatoms. The van der Waals surface area contributed by atoms with Gasteiger partial charge in [-0.25, -0.2) is 14.2 Å². The van der Waals surface area contributed by atoms with Gasteiger partial charge in [0, 0.05) is 56.8 Å². The van der Waals surface area contributed by atoms with E-state index in [0.29, 0.717) is 24.6 Å². The van der Waals surface area contributed by atoms with Crippen molar-refractivity contribution in [3.05, 3.63) is 54.2 Å². The number of hydrogen-bond donors (Lipinski definition) is 3. The molecule has 2 amide bonds. The summed E-state index contributed by atoms with van der Waals surface area (Å²) in [5.41, 5.74) is 1.98. The van der Waals surface area contributed by atoms with Crippen LogP contribution >= 0.6 is 11.3 Å². The SMILES string of the molecule is COCCNCc1cnc(-c2cc3nccc(Oc4ccc(NC(=O)NC5(C)CC5)cc4F)c3s2)n1C. The first-order chi connectivity index (χ1) is 17.8. The van der Waals surface area contributed by atoms with E-state index in [1.807, 2.05) is 30.8 Å². The molecule has 1 aliphatic rings. The van der Waals surface area contributed by atoms with Crippen molar-refractivity contribution in [1.29, 1.82) is 0 Å². The first-order valence-electron chi connectivity index (χ1n) is 12.0. The van der Waals surface area contributed by atoms with Crippen molar-refractivity contribution in [3.8, 4) is 22.2 Å². The Morgan fingerprint density at radius 3 is 2.81 bits per heavy atom. The number of benzene rings is 1. The number of thiophene rings is 1. The van der Waals surface area contributed by atoms with Gasteiger partial charge in [-0.3, -0.25) is 4.98 Å². The van der Waals surface area contributed by atoms with Crippen LogP contribution in [0.25, 0.3) is 20.9 Å². The minimum atomic E-state index is -0.577. The summed E-state index contributed by atoms with van der Waals surface area (Å²) < 4.78 is 28.7. The van der Waals surface area contributed by atoms with Gasteiger partial charge in [-0.1, -0.05) is 0 Å². The maximum absolute atomic E-state index is 14.9. The van der Waals surface area contributed by atoms with Gasteiger partial charge in [-0.2, -0.15) is 0 Å². The van der Waals surface area contributed by atoms with Crippen LogP contribution in [-0.2, 0) is 18.3 Å². The summed E-state index contributed by atoms with van der Waals surface area (Å²) in [4.78, 5) is 22.1. The number of methoxy groups -OCH3 is 1. The van der Waals surface area contributed by atoms with Gasteiger partial charge in [0.05, 0.1) is 33.6 Å². The fourth-order valence-electron chi connectivity index (χ4n) is 3.86. The average molecular weight is 525 g/mol. The van der Waals surface area contributed by atoms with Crippen LogP contribution in [-0.4, -0.2) is 46.4 Å². The van der Waals surface area contributed by atoms with E-state index in [1.165, 1.54) is 23.5 Å². The number of pyridine rings is 1. The third-order valence-electron chi connectivity index (χ3n) is 6.29. The second-order valence-corrected chi connectivity index (χ2v) is 10.4. The number of fused-ring (bicyclic) bond motifs is 1. The number of anilines is 1. The molecule has 0 bridgehead atoms. The van der Waals surface area contributed by atoms with Gasteiger partial charge >= 0.3 is 6.03 Å². The molecule has 4 aromatic rings. The fourth-order valence-corrected chi connectivity index (χ4v) is 4.96. The Morgan fingerprint density at radius 2 is 2.05 bits per heavy atom. The summed E-state index contributed by atoms with van der Waals surface area (Å²) >= 11 is 1.49. The Morgan fingerprint density at radius 1 is 1.22 bits per heavy atom. The van der Waals surface area contributed by atoms with Crippen LogP contribution in [0.2, 0.25) is 0 Å². The van der Waals surface area contributed by atoms with Crippen LogP contribution in [0.1, 0.15) is 25.5 Å². The Balaban J connectivity index is 1.32. The van der Waals surface area contributed by atoms with Crippen LogP contribution in [0.15, 0.2) is 42.7 Å². The van der Waals surface area contributed by atoms with E-state index < -0.39 is 5.82 Å². The minimum Gasteiger partial charge on any atom is -0.453 e. The number of hydrogen-bond acceptors (Lipinski definition) is 7. The summed E-state index contributed by atoms with van der Waals surface area (Å²) in [6, 6.07) is 7.69. The third-order valence-corrected chi connectivity index (χ3v) is 7.43. The topological polar surface area (TPSA) is 102 Å². The van der Waals surface area contributed by atoms with Crippen LogP contribution in [0.3, 0.4) is 0 Å². The lowest BCUT2D eigenvalue weighted by molar-refractivity contribution is 0.199. The Hall–Kier alpha value is -3.54. The lowest BCUT2D eigenvalue weighted by Gasteiger charge is -2.13. The monoisotopic (exact) mass is 524 g/mol. The Bertz CT molecular complexity index is 1430. The Kier molecular flexibility index (Phi) is 7.09. The molecule has 3 N–H and O–H groups in total. The van der Waals surface area contributed by atoms with Crippen molar-refractivity contribution >= 4 is 33.3 Å². The predicted molar refractivity (Wildman–Crippen MR) is 142 cm³/mol. The second-order valence-electron chi connectivity index (χ2n) is 9.32. The lowest BCUT2D eigenvalue weighted by atomic mass is 10.3. The first kappa shape index (κ1) is 25.1. The third kappa shape index (κ3) is 5.74. The molecule has 5 rings (SSSR count). The van der Waals surface area contributed by atoms with Gasteiger partial charge in [0.15, 0.2) is 11.6 Å². The molecule has 1 aromatic carbocycles. The van der Waals surface area contributed by atoms with Crippen molar-refractivity contribution in [1.82, 2.24) is 25.2 Å². The van der Waals surface area contributed by atoms with Crippen molar-refractivity contribution < 1.29 is 18.7 Å². The highest BCUT2D eigenvalue weighted by molar-refractivity contribution is 7.22. The molecule has 0 atom stereocenters. The maximum atomic E-state index is 14.9. The largest absolute Gasteiger partial charge is 0.453 e. The molecular weight excluding hydrogens is 495 g/mol. The highest BCUT2D eigenvalue weighted by Crippen LogP contribution is 2.39. The summed E-state index contributed by atoms with van der Waals surface area (Å²) in [7, 11) is 3.65. The van der Waals surface area contributed by atoms with Crippen LogP contribution in [0.5, 0.6) is 11.5 Å². The molecule has 1 aliphatic carbocycles. The minimum absolute atomic E-state index is 0.0592. The summed E-state index contributed by atoms with van der Waals surface area (Å²) in [5.74, 6) is 0.796. The predicted octanol–water partition coefficient (Wildman–Crippen LogP) is 5.04.